The molecule has 0 aliphatic rings. The molecule has 1 aromatic rings. The van der Waals surface area contributed by atoms with Crippen molar-refractivity contribution in [3.63, 3.8) is 0 Å². The second-order valence-corrected chi connectivity index (χ2v) is 5.16. The number of amides is 1. The van der Waals surface area contributed by atoms with E-state index in [1.807, 2.05) is 13.8 Å². The van der Waals surface area contributed by atoms with E-state index in [4.69, 9.17) is 9.15 Å². The molecule has 1 unspecified atom stereocenters. The number of hydrogen-bond acceptors (Lipinski definition) is 7. The zero-order valence-corrected chi connectivity index (χ0v) is 12.9. The van der Waals surface area contributed by atoms with Gasteiger partial charge < -0.3 is 14.1 Å². The summed E-state index contributed by atoms with van der Waals surface area (Å²) in [5.74, 6) is -0.859. The molecule has 20 heavy (non-hydrogen) atoms. The van der Waals surface area contributed by atoms with Gasteiger partial charge in [0.25, 0.3) is 5.22 Å². The molecular formula is C12H19N3O4S. The van der Waals surface area contributed by atoms with Gasteiger partial charge in [0.1, 0.15) is 0 Å². The molecule has 0 fully saturated rings. The van der Waals surface area contributed by atoms with Crippen molar-refractivity contribution in [2.75, 3.05) is 19.7 Å². The SMILES string of the molecule is CCOC(=O)c1nnc(SC(C)C(=O)N(CC)CC)o1. The average molecular weight is 301 g/mol. The first-order valence-corrected chi connectivity index (χ1v) is 7.37. The summed E-state index contributed by atoms with van der Waals surface area (Å²) in [5, 5.41) is 7.15. The van der Waals surface area contributed by atoms with Gasteiger partial charge in [-0.1, -0.05) is 16.9 Å². The van der Waals surface area contributed by atoms with E-state index in [2.05, 4.69) is 10.2 Å². The summed E-state index contributed by atoms with van der Waals surface area (Å²) in [5.41, 5.74) is 0. The predicted octanol–water partition coefficient (Wildman–Crippen LogP) is 1.60. The molecule has 1 aromatic heterocycles. The van der Waals surface area contributed by atoms with Crippen LogP contribution in [0.4, 0.5) is 0 Å². The Morgan fingerprint density at radius 3 is 2.50 bits per heavy atom. The summed E-state index contributed by atoms with van der Waals surface area (Å²) in [4.78, 5) is 25.2. The van der Waals surface area contributed by atoms with Gasteiger partial charge in [0.15, 0.2) is 0 Å². The quantitative estimate of drug-likeness (QED) is 0.558. The minimum atomic E-state index is -0.658. The largest absolute Gasteiger partial charge is 0.459 e. The molecule has 0 saturated heterocycles. The molecule has 1 heterocycles. The van der Waals surface area contributed by atoms with Crippen LogP contribution in [-0.4, -0.2) is 51.9 Å². The molecule has 1 amide bonds. The second-order valence-electron chi connectivity index (χ2n) is 3.86. The van der Waals surface area contributed by atoms with E-state index in [9.17, 15) is 9.59 Å². The fourth-order valence-electron chi connectivity index (χ4n) is 1.53. The van der Waals surface area contributed by atoms with Crippen LogP contribution >= 0.6 is 11.8 Å². The van der Waals surface area contributed by atoms with Crippen LogP contribution in [0.15, 0.2) is 9.64 Å². The standard InChI is InChI=1S/C12H19N3O4S/c1-5-15(6-2)10(16)8(4)20-12-14-13-9(19-12)11(17)18-7-3/h8H,5-7H2,1-4H3. The molecule has 1 rings (SSSR count). The minimum Gasteiger partial charge on any atom is -0.459 e. The summed E-state index contributed by atoms with van der Waals surface area (Å²) in [6, 6.07) is 0. The van der Waals surface area contributed by atoms with Crippen LogP contribution in [0.2, 0.25) is 0 Å². The van der Waals surface area contributed by atoms with Gasteiger partial charge >= 0.3 is 11.9 Å². The maximum atomic E-state index is 12.1. The van der Waals surface area contributed by atoms with E-state index in [0.29, 0.717) is 13.1 Å². The molecule has 0 spiro atoms. The van der Waals surface area contributed by atoms with Crippen LogP contribution in [0.1, 0.15) is 38.4 Å². The Morgan fingerprint density at radius 1 is 1.30 bits per heavy atom. The lowest BCUT2D eigenvalue weighted by Gasteiger charge is -2.21. The van der Waals surface area contributed by atoms with Crippen molar-refractivity contribution in [2.24, 2.45) is 0 Å². The summed E-state index contributed by atoms with van der Waals surface area (Å²) < 4.78 is 9.91. The number of carbonyl (C=O) groups excluding carboxylic acids is 2. The highest BCUT2D eigenvalue weighted by molar-refractivity contribution is 8.00. The normalized spacial score (nSPS) is 12.0. The highest BCUT2D eigenvalue weighted by Crippen LogP contribution is 2.23. The highest BCUT2D eigenvalue weighted by atomic mass is 32.2. The third-order valence-electron chi connectivity index (χ3n) is 2.56. The lowest BCUT2D eigenvalue weighted by atomic mass is 10.4. The lowest BCUT2D eigenvalue weighted by molar-refractivity contribution is -0.129. The van der Waals surface area contributed by atoms with Gasteiger partial charge in [0.2, 0.25) is 5.91 Å². The zero-order valence-electron chi connectivity index (χ0n) is 12.1. The molecule has 0 N–H and O–H groups in total. The van der Waals surface area contributed by atoms with Crippen LogP contribution in [0, 0.1) is 0 Å². The summed E-state index contributed by atoms with van der Waals surface area (Å²) >= 11 is 1.13. The van der Waals surface area contributed by atoms with Gasteiger partial charge in [0, 0.05) is 13.1 Å². The van der Waals surface area contributed by atoms with Crippen molar-refractivity contribution in [2.45, 2.75) is 38.2 Å². The van der Waals surface area contributed by atoms with Gasteiger partial charge in [-0.15, -0.1) is 5.10 Å². The summed E-state index contributed by atoms with van der Waals surface area (Å²) in [7, 11) is 0. The molecule has 0 saturated carbocycles. The number of carbonyl (C=O) groups is 2. The maximum Gasteiger partial charge on any atom is 0.396 e. The van der Waals surface area contributed by atoms with Gasteiger partial charge in [-0.05, 0) is 27.7 Å². The Bertz CT molecular complexity index is 459. The maximum absolute atomic E-state index is 12.1. The van der Waals surface area contributed by atoms with E-state index in [0.717, 1.165) is 11.8 Å². The molecule has 0 aliphatic carbocycles. The van der Waals surface area contributed by atoms with E-state index in [1.54, 1.807) is 18.7 Å². The average Bonchev–Trinajstić information content (AvgIpc) is 2.88. The Hall–Kier alpha value is -1.57. The third-order valence-corrected chi connectivity index (χ3v) is 3.48. The van der Waals surface area contributed by atoms with Crippen molar-refractivity contribution in [1.29, 1.82) is 0 Å². The fourth-order valence-corrected chi connectivity index (χ4v) is 2.29. The van der Waals surface area contributed by atoms with Gasteiger partial charge in [-0.25, -0.2) is 4.79 Å². The molecule has 7 nitrogen and oxygen atoms in total. The van der Waals surface area contributed by atoms with Gasteiger partial charge in [-0.2, -0.15) is 0 Å². The Balaban J connectivity index is 2.64. The smallest absolute Gasteiger partial charge is 0.396 e. The Labute approximate surface area is 122 Å². The molecule has 0 bridgehead atoms. The molecular weight excluding hydrogens is 282 g/mol. The monoisotopic (exact) mass is 301 g/mol. The van der Waals surface area contributed by atoms with Crippen molar-refractivity contribution in [3.8, 4) is 0 Å². The van der Waals surface area contributed by atoms with E-state index in [1.165, 1.54) is 0 Å². The second kappa shape index (κ2) is 7.88. The molecule has 1 atom stereocenters. The summed E-state index contributed by atoms with van der Waals surface area (Å²) in [6.07, 6.45) is 0. The van der Waals surface area contributed by atoms with Crippen LogP contribution < -0.4 is 0 Å². The Morgan fingerprint density at radius 2 is 1.95 bits per heavy atom. The molecule has 0 aromatic carbocycles. The number of esters is 1. The van der Waals surface area contributed by atoms with E-state index >= 15 is 0 Å². The molecule has 8 heteroatoms. The third kappa shape index (κ3) is 4.22. The van der Waals surface area contributed by atoms with Crippen LogP contribution in [0.5, 0.6) is 0 Å². The first-order valence-electron chi connectivity index (χ1n) is 6.49. The van der Waals surface area contributed by atoms with Crippen molar-refractivity contribution >= 4 is 23.6 Å². The van der Waals surface area contributed by atoms with Gasteiger partial charge in [-0.3, -0.25) is 4.79 Å². The number of thioether (sulfide) groups is 1. The molecule has 0 radical (unpaired) electrons. The van der Waals surface area contributed by atoms with Gasteiger partial charge in [0.05, 0.1) is 11.9 Å². The van der Waals surface area contributed by atoms with Crippen LogP contribution in [0.25, 0.3) is 0 Å². The number of rotatable bonds is 7. The first kappa shape index (κ1) is 16.5. The van der Waals surface area contributed by atoms with Crippen LogP contribution in [0.3, 0.4) is 0 Å². The van der Waals surface area contributed by atoms with E-state index in [-0.39, 0.29) is 28.9 Å². The number of nitrogens with zero attached hydrogens (tertiary/aromatic N) is 3. The van der Waals surface area contributed by atoms with Crippen LogP contribution in [-0.2, 0) is 9.53 Å². The van der Waals surface area contributed by atoms with Crippen molar-refractivity contribution in [3.05, 3.63) is 5.89 Å². The summed E-state index contributed by atoms with van der Waals surface area (Å²) in [6.45, 7) is 8.83. The van der Waals surface area contributed by atoms with Crippen molar-refractivity contribution < 1.29 is 18.7 Å². The molecule has 112 valence electrons. The number of hydrogen-bond donors (Lipinski definition) is 0. The number of ether oxygens (including phenoxy) is 1. The zero-order chi connectivity index (χ0) is 15.1. The van der Waals surface area contributed by atoms with Crippen molar-refractivity contribution in [1.82, 2.24) is 15.1 Å². The minimum absolute atomic E-state index is 0.00381. The first-order chi connectivity index (χ1) is 9.53. The molecule has 0 aliphatic heterocycles. The number of aromatic nitrogens is 2. The lowest BCUT2D eigenvalue weighted by Crippen LogP contribution is -2.36. The topological polar surface area (TPSA) is 85.5 Å². The highest BCUT2D eigenvalue weighted by Gasteiger charge is 2.23. The Kier molecular flexibility index (Phi) is 6.50. The predicted molar refractivity (Wildman–Crippen MR) is 73.5 cm³/mol. The van der Waals surface area contributed by atoms with E-state index < -0.39 is 5.97 Å². The fraction of sp³-hybridized carbons (Fsp3) is 0.667.